The third kappa shape index (κ3) is 3.87. The Labute approximate surface area is 133 Å². The Kier molecular flexibility index (Phi) is 5.57. The van der Waals surface area contributed by atoms with Crippen molar-refractivity contribution >= 4 is 23.3 Å². The third-order valence-electron chi connectivity index (χ3n) is 2.96. The maximum atomic E-state index is 12.1. The van der Waals surface area contributed by atoms with Gasteiger partial charge in [0.25, 0.3) is 0 Å². The zero-order valence-electron chi connectivity index (χ0n) is 11.9. The fourth-order valence-electron chi connectivity index (χ4n) is 1.94. The van der Waals surface area contributed by atoms with Gasteiger partial charge in [-0.15, -0.1) is 6.58 Å². The van der Waals surface area contributed by atoms with Crippen molar-refractivity contribution in [1.82, 2.24) is 14.7 Å². The van der Waals surface area contributed by atoms with Crippen LogP contribution in [0.4, 0.5) is 10.5 Å². The average molecular weight is 321 g/mol. The largest absolute Gasteiger partial charge is 0.395 e. The molecule has 0 aliphatic heterocycles. The van der Waals surface area contributed by atoms with Crippen LogP contribution in [0.15, 0.2) is 49.3 Å². The summed E-state index contributed by atoms with van der Waals surface area (Å²) in [5.74, 6) is 0. The Bertz CT molecular complexity index is 643. The second-order valence-corrected chi connectivity index (χ2v) is 4.91. The van der Waals surface area contributed by atoms with Crippen molar-refractivity contribution in [2.45, 2.75) is 0 Å². The molecule has 0 aliphatic rings. The summed E-state index contributed by atoms with van der Waals surface area (Å²) in [6.45, 7) is 4.07. The van der Waals surface area contributed by atoms with Crippen LogP contribution in [-0.4, -0.2) is 45.5 Å². The number of urea groups is 1. The van der Waals surface area contributed by atoms with Crippen LogP contribution < -0.4 is 5.32 Å². The van der Waals surface area contributed by atoms with E-state index in [-0.39, 0.29) is 19.2 Å². The van der Waals surface area contributed by atoms with E-state index in [0.29, 0.717) is 17.3 Å². The smallest absolute Gasteiger partial charge is 0.322 e. The number of hydrogen-bond donors (Lipinski definition) is 2. The van der Waals surface area contributed by atoms with Crippen LogP contribution in [0.1, 0.15) is 0 Å². The first-order chi connectivity index (χ1) is 10.7. The monoisotopic (exact) mass is 320 g/mol. The minimum atomic E-state index is -0.322. The number of hydrogen-bond acceptors (Lipinski definition) is 3. The molecule has 0 unspecified atom stereocenters. The molecule has 0 saturated heterocycles. The molecule has 0 fully saturated rings. The summed E-state index contributed by atoms with van der Waals surface area (Å²) in [5, 5.41) is 16.3. The molecule has 0 atom stereocenters. The van der Waals surface area contributed by atoms with E-state index in [0.717, 1.165) is 5.69 Å². The quantitative estimate of drug-likeness (QED) is 0.804. The van der Waals surface area contributed by atoms with Crippen molar-refractivity contribution in [3.05, 3.63) is 54.3 Å². The van der Waals surface area contributed by atoms with E-state index >= 15 is 0 Å². The zero-order chi connectivity index (χ0) is 15.9. The van der Waals surface area contributed by atoms with Crippen LogP contribution in [0.5, 0.6) is 0 Å². The molecule has 2 amide bonds. The molecular formula is C15H17ClN4O2. The molecule has 0 aliphatic carbocycles. The highest BCUT2D eigenvalue weighted by molar-refractivity contribution is 6.32. The summed E-state index contributed by atoms with van der Waals surface area (Å²) in [5.41, 5.74) is 1.29. The Hall–Kier alpha value is -2.31. The first kappa shape index (κ1) is 16.1. The summed E-state index contributed by atoms with van der Waals surface area (Å²) < 4.78 is 1.64. The van der Waals surface area contributed by atoms with Gasteiger partial charge < -0.3 is 15.3 Å². The third-order valence-corrected chi connectivity index (χ3v) is 3.26. The highest BCUT2D eigenvalue weighted by Gasteiger charge is 2.12. The van der Waals surface area contributed by atoms with Crippen molar-refractivity contribution in [3.8, 4) is 5.69 Å². The fraction of sp³-hybridized carbons (Fsp3) is 0.200. The van der Waals surface area contributed by atoms with Gasteiger partial charge in [-0.3, -0.25) is 0 Å². The molecular weight excluding hydrogens is 304 g/mol. The van der Waals surface area contributed by atoms with Crippen LogP contribution in [0, 0.1) is 0 Å². The Morgan fingerprint density at radius 3 is 2.95 bits per heavy atom. The van der Waals surface area contributed by atoms with Crippen LogP contribution in [0.3, 0.4) is 0 Å². The number of aliphatic hydroxyl groups is 1. The molecule has 22 heavy (non-hydrogen) atoms. The molecule has 2 rings (SSSR count). The van der Waals surface area contributed by atoms with Gasteiger partial charge in [0.05, 0.1) is 17.3 Å². The van der Waals surface area contributed by atoms with Gasteiger partial charge in [-0.05, 0) is 24.3 Å². The first-order valence-electron chi connectivity index (χ1n) is 6.73. The number of nitrogens with zero attached hydrogens (tertiary/aromatic N) is 3. The van der Waals surface area contributed by atoms with Crippen molar-refractivity contribution in [3.63, 3.8) is 0 Å². The lowest BCUT2D eigenvalue weighted by Crippen LogP contribution is -2.37. The van der Waals surface area contributed by atoms with Crippen molar-refractivity contribution in [2.75, 3.05) is 25.0 Å². The average Bonchev–Trinajstić information content (AvgIpc) is 3.01. The zero-order valence-corrected chi connectivity index (χ0v) is 12.7. The molecule has 7 heteroatoms. The summed E-state index contributed by atoms with van der Waals surface area (Å²) in [6.07, 6.45) is 5.05. The molecule has 1 heterocycles. The van der Waals surface area contributed by atoms with Gasteiger partial charge in [-0.1, -0.05) is 17.7 Å². The summed E-state index contributed by atoms with van der Waals surface area (Å²) >= 11 is 6.22. The normalized spacial score (nSPS) is 10.3. The van der Waals surface area contributed by atoms with Crippen molar-refractivity contribution in [2.24, 2.45) is 0 Å². The van der Waals surface area contributed by atoms with E-state index in [9.17, 15) is 4.79 Å². The summed E-state index contributed by atoms with van der Waals surface area (Å²) in [6, 6.07) is 6.65. The molecule has 116 valence electrons. The Morgan fingerprint density at radius 2 is 2.36 bits per heavy atom. The number of amides is 2. The maximum absolute atomic E-state index is 12.1. The van der Waals surface area contributed by atoms with Gasteiger partial charge in [0.2, 0.25) is 0 Å². The SMILES string of the molecule is C=CCN(CCO)C(=O)Nc1ccc(-n2cccn2)c(Cl)c1. The van der Waals surface area contributed by atoms with E-state index in [1.54, 1.807) is 47.4 Å². The molecule has 2 aromatic rings. The highest BCUT2D eigenvalue weighted by Crippen LogP contribution is 2.24. The number of aromatic nitrogens is 2. The van der Waals surface area contributed by atoms with E-state index in [1.807, 2.05) is 0 Å². The molecule has 0 radical (unpaired) electrons. The van der Waals surface area contributed by atoms with Gasteiger partial charge in [0.15, 0.2) is 0 Å². The van der Waals surface area contributed by atoms with E-state index in [2.05, 4.69) is 17.0 Å². The lowest BCUT2D eigenvalue weighted by Gasteiger charge is -2.20. The fourth-order valence-corrected chi connectivity index (χ4v) is 2.20. The predicted molar refractivity (Wildman–Crippen MR) is 86.4 cm³/mol. The number of carbonyl (C=O) groups is 1. The number of anilines is 1. The first-order valence-corrected chi connectivity index (χ1v) is 7.10. The minimum Gasteiger partial charge on any atom is -0.395 e. The van der Waals surface area contributed by atoms with Gasteiger partial charge in [0, 0.05) is 31.2 Å². The van der Waals surface area contributed by atoms with Crippen LogP contribution in [0.25, 0.3) is 5.69 Å². The second-order valence-electron chi connectivity index (χ2n) is 4.51. The number of aliphatic hydroxyl groups excluding tert-OH is 1. The summed E-state index contributed by atoms with van der Waals surface area (Å²) in [4.78, 5) is 13.6. The van der Waals surface area contributed by atoms with E-state index < -0.39 is 0 Å². The predicted octanol–water partition coefficient (Wildman–Crippen LogP) is 2.54. The minimum absolute atomic E-state index is 0.111. The molecule has 0 bridgehead atoms. The number of benzene rings is 1. The van der Waals surface area contributed by atoms with Gasteiger partial charge in [0.1, 0.15) is 0 Å². The Morgan fingerprint density at radius 1 is 1.55 bits per heavy atom. The number of carbonyl (C=O) groups excluding carboxylic acids is 1. The van der Waals surface area contributed by atoms with Crippen LogP contribution >= 0.6 is 11.6 Å². The second kappa shape index (κ2) is 7.63. The topological polar surface area (TPSA) is 70.4 Å². The standard InChI is InChI=1S/C15H17ClN4O2/c1-2-7-19(9-10-21)15(22)18-12-4-5-14(13(16)11-12)20-8-3-6-17-20/h2-6,8,11,21H,1,7,9-10H2,(H,18,22). The number of rotatable bonds is 6. The highest BCUT2D eigenvalue weighted by atomic mass is 35.5. The molecule has 0 saturated carbocycles. The van der Waals surface area contributed by atoms with E-state index in [1.165, 1.54) is 4.90 Å². The van der Waals surface area contributed by atoms with E-state index in [4.69, 9.17) is 16.7 Å². The molecule has 0 spiro atoms. The lowest BCUT2D eigenvalue weighted by molar-refractivity contribution is 0.195. The summed E-state index contributed by atoms with van der Waals surface area (Å²) in [7, 11) is 0. The maximum Gasteiger partial charge on any atom is 0.322 e. The molecule has 1 aromatic heterocycles. The molecule has 1 aromatic carbocycles. The number of halogens is 1. The molecule has 6 nitrogen and oxygen atoms in total. The van der Waals surface area contributed by atoms with Crippen molar-refractivity contribution < 1.29 is 9.90 Å². The van der Waals surface area contributed by atoms with Gasteiger partial charge in [-0.2, -0.15) is 5.10 Å². The number of nitrogens with one attached hydrogen (secondary N) is 1. The molecule has 2 N–H and O–H groups in total. The van der Waals surface area contributed by atoms with Gasteiger partial charge in [-0.25, -0.2) is 9.48 Å². The van der Waals surface area contributed by atoms with Gasteiger partial charge >= 0.3 is 6.03 Å². The van der Waals surface area contributed by atoms with Crippen LogP contribution in [0.2, 0.25) is 5.02 Å². The lowest BCUT2D eigenvalue weighted by atomic mass is 10.3. The van der Waals surface area contributed by atoms with Crippen molar-refractivity contribution in [1.29, 1.82) is 0 Å². The Balaban J connectivity index is 2.11. The van der Waals surface area contributed by atoms with Crippen LogP contribution in [-0.2, 0) is 0 Å².